The third kappa shape index (κ3) is 1.83. The van der Waals surface area contributed by atoms with Crippen molar-refractivity contribution < 1.29 is 4.92 Å². The van der Waals surface area contributed by atoms with Gasteiger partial charge in [-0.1, -0.05) is 36.4 Å². The molecule has 0 aliphatic carbocycles. The Labute approximate surface area is 125 Å². The van der Waals surface area contributed by atoms with Gasteiger partial charge in [0, 0.05) is 23.8 Å². The van der Waals surface area contributed by atoms with Crippen LogP contribution in [0.4, 0.5) is 5.69 Å². The summed E-state index contributed by atoms with van der Waals surface area (Å²) >= 11 is 0. The lowest BCUT2D eigenvalue weighted by Crippen LogP contribution is -1.91. The highest BCUT2D eigenvalue weighted by molar-refractivity contribution is 5.94. The summed E-state index contributed by atoms with van der Waals surface area (Å²) in [7, 11) is 0. The first-order chi connectivity index (χ1) is 10.7. The van der Waals surface area contributed by atoms with Crippen LogP contribution in [0.25, 0.3) is 27.7 Å². The molecule has 0 fully saturated rings. The van der Waals surface area contributed by atoms with E-state index < -0.39 is 0 Å². The molecule has 4 aromatic rings. The van der Waals surface area contributed by atoms with E-state index in [0.29, 0.717) is 11.3 Å². The van der Waals surface area contributed by atoms with Gasteiger partial charge in [-0.05, 0) is 17.5 Å². The number of nitro benzene ring substituents is 1. The standard InChI is InChI=1S/C17H11N3O2/c21-20(22)16-8-4-3-7-14(16)15-11-19-10-9-12-5-1-2-6-13(12)17(19)18-15/h1-11H. The molecule has 0 aliphatic heterocycles. The van der Waals surface area contributed by atoms with Crippen molar-refractivity contribution in [2.75, 3.05) is 0 Å². The van der Waals surface area contributed by atoms with Crippen molar-refractivity contribution in [2.45, 2.75) is 0 Å². The minimum atomic E-state index is -0.378. The van der Waals surface area contributed by atoms with Crippen LogP contribution in [0.15, 0.2) is 67.0 Å². The fourth-order valence-corrected chi connectivity index (χ4v) is 2.69. The maximum absolute atomic E-state index is 11.2. The number of hydrogen-bond donors (Lipinski definition) is 0. The summed E-state index contributed by atoms with van der Waals surface area (Å²) in [5.41, 5.74) is 1.99. The number of nitro groups is 1. The Morgan fingerprint density at radius 1 is 1.00 bits per heavy atom. The molecule has 0 amide bonds. The van der Waals surface area contributed by atoms with Crippen LogP contribution in [-0.4, -0.2) is 14.3 Å². The number of rotatable bonds is 2. The van der Waals surface area contributed by atoms with Gasteiger partial charge in [0.25, 0.3) is 5.69 Å². The van der Waals surface area contributed by atoms with Crippen LogP contribution in [0.5, 0.6) is 0 Å². The largest absolute Gasteiger partial charge is 0.306 e. The highest BCUT2D eigenvalue weighted by Crippen LogP contribution is 2.30. The van der Waals surface area contributed by atoms with E-state index in [0.717, 1.165) is 16.4 Å². The lowest BCUT2D eigenvalue weighted by molar-refractivity contribution is -0.384. The minimum absolute atomic E-state index is 0.0650. The van der Waals surface area contributed by atoms with Crippen molar-refractivity contribution >= 4 is 22.1 Å². The number of hydrogen-bond acceptors (Lipinski definition) is 3. The van der Waals surface area contributed by atoms with Crippen LogP contribution in [0.3, 0.4) is 0 Å². The zero-order valence-electron chi connectivity index (χ0n) is 11.5. The molecule has 0 N–H and O–H groups in total. The number of pyridine rings is 1. The monoisotopic (exact) mass is 289 g/mol. The molecule has 0 saturated heterocycles. The van der Waals surface area contributed by atoms with E-state index in [2.05, 4.69) is 4.98 Å². The summed E-state index contributed by atoms with van der Waals surface area (Å²) in [5, 5.41) is 13.3. The molecule has 2 aromatic heterocycles. The smallest absolute Gasteiger partial charge is 0.278 e. The Morgan fingerprint density at radius 3 is 2.64 bits per heavy atom. The summed E-state index contributed by atoms with van der Waals surface area (Å²) in [6, 6.07) is 16.6. The number of aromatic nitrogens is 2. The zero-order valence-corrected chi connectivity index (χ0v) is 11.5. The Kier molecular flexibility index (Phi) is 2.66. The van der Waals surface area contributed by atoms with Crippen molar-refractivity contribution in [1.82, 2.24) is 9.38 Å². The lowest BCUT2D eigenvalue weighted by Gasteiger charge is -1.98. The third-order valence-corrected chi connectivity index (χ3v) is 3.73. The van der Waals surface area contributed by atoms with Crippen LogP contribution in [0, 0.1) is 10.1 Å². The normalized spacial score (nSPS) is 11.1. The molecule has 0 spiro atoms. The molecule has 5 nitrogen and oxygen atoms in total. The van der Waals surface area contributed by atoms with Gasteiger partial charge in [-0.25, -0.2) is 4.98 Å². The van der Waals surface area contributed by atoms with E-state index in [1.165, 1.54) is 6.07 Å². The number of benzene rings is 2. The first-order valence-corrected chi connectivity index (χ1v) is 6.84. The predicted molar refractivity (Wildman–Crippen MR) is 84.8 cm³/mol. The van der Waals surface area contributed by atoms with Gasteiger partial charge < -0.3 is 4.40 Å². The fourth-order valence-electron chi connectivity index (χ4n) is 2.69. The van der Waals surface area contributed by atoms with E-state index >= 15 is 0 Å². The molecule has 0 unspecified atom stereocenters. The second kappa shape index (κ2) is 4.66. The molecule has 106 valence electrons. The summed E-state index contributed by atoms with van der Waals surface area (Å²) < 4.78 is 1.90. The van der Waals surface area contributed by atoms with Crippen molar-refractivity contribution in [2.24, 2.45) is 0 Å². The summed E-state index contributed by atoms with van der Waals surface area (Å²) in [5.74, 6) is 0. The Bertz CT molecular complexity index is 1020. The highest BCUT2D eigenvalue weighted by atomic mass is 16.6. The minimum Gasteiger partial charge on any atom is -0.306 e. The molecule has 22 heavy (non-hydrogen) atoms. The summed E-state index contributed by atoms with van der Waals surface area (Å²) in [6.07, 6.45) is 3.74. The van der Waals surface area contributed by atoms with Gasteiger partial charge in [-0.15, -0.1) is 0 Å². The van der Waals surface area contributed by atoms with Crippen LogP contribution in [0.2, 0.25) is 0 Å². The summed E-state index contributed by atoms with van der Waals surface area (Å²) in [6.45, 7) is 0. The van der Waals surface area contributed by atoms with Gasteiger partial charge >= 0.3 is 0 Å². The molecule has 2 heterocycles. The van der Waals surface area contributed by atoms with Crippen LogP contribution in [0.1, 0.15) is 0 Å². The zero-order chi connectivity index (χ0) is 15.1. The summed E-state index contributed by atoms with van der Waals surface area (Å²) in [4.78, 5) is 15.4. The van der Waals surface area contributed by atoms with Crippen molar-refractivity contribution in [3.05, 3.63) is 77.1 Å². The SMILES string of the molecule is O=[N+]([O-])c1ccccc1-c1cn2ccc3ccccc3c2n1. The average Bonchev–Trinajstić information content (AvgIpc) is 2.99. The molecular weight excluding hydrogens is 278 g/mol. The number of fused-ring (bicyclic) bond motifs is 3. The van der Waals surface area contributed by atoms with E-state index in [1.807, 2.05) is 47.1 Å². The van der Waals surface area contributed by atoms with Gasteiger partial charge in [-0.2, -0.15) is 0 Å². The Balaban J connectivity index is 2.01. The first-order valence-electron chi connectivity index (χ1n) is 6.84. The molecule has 2 aromatic carbocycles. The molecule has 5 heteroatoms. The van der Waals surface area contributed by atoms with E-state index in [9.17, 15) is 10.1 Å². The third-order valence-electron chi connectivity index (χ3n) is 3.73. The van der Waals surface area contributed by atoms with Gasteiger partial charge in [0.05, 0.1) is 16.2 Å². The van der Waals surface area contributed by atoms with Gasteiger partial charge in [0.1, 0.15) is 5.65 Å². The second-order valence-corrected chi connectivity index (χ2v) is 5.03. The number of imidazole rings is 1. The first kappa shape index (κ1) is 12.5. The quantitative estimate of drug-likeness (QED) is 0.413. The van der Waals surface area contributed by atoms with Gasteiger partial charge in [0.2, 0.25) is 0 Å². The van der Waals surface area contributed by atoms with Gasteiger partial charge in [0.15, 0.2) is 0 Å². The molecule has 0 aliphatic rings. The van der Waals surface area contributed by atoms with E-state index in [-0.39, 0.29) is 10.6 Å². The van der Waals surface area contributed by atoms with Crippen molar-refractivity contribution in [3.63, 3.8) is 0 Å². The molecule has 0 bridgehead atoms. The van der Waals surface area contributed by atoms with Crippen molar-refractivity contribution in [1.29, 1.82) is 0 Å². The predicted octanol–water partition coefficient (Wildman–Crippen LogP) is 4.06. The Hall–Kier alpha value is -3.21. The second-order valence-electron chi connectivity index (χ2n) is 5.03. The van der Waals surface area contributed by atoms with Gasteiger partial charge in [-0.3, -0.25) is 10.1 Å². The Morgan fingerprint density at radius 2 is 1.77 bits per heavy atom. The van der Waals surface area contributed by atoms with Crippen molar-refractivity contribution in [3.8, 4) is 11.3 Å². The number of para-hydroxylation sites is 1. The van der Waals surface area contributed by atoms with E-state index in [4.69, 9.17) is 0 Å². The topological polar surface area (TPSA) is 60.4 Å². The van der Waals surface area contributed by atoms with Crippen LogP contribution >= 0.6 is 0 Å². The average molecular weight is 289 g/mol. The molecular formula is C17H11N3O2. The maximum atomic E-state index is 11.2. The molecule has 4 rings (SSSR count). The fraction of sp³-hybridized carbons (Fsp3) is 0. The molecule has 0 radical (unpaired) electrons. The van der Waals surface area contributed by atoms with E-state index in [1.54, 1.807) is 18.2 Å². The van der Waals surface area contributed by atoms with Crippen LogP contribution < -0.4 is 0 Å². The van der Waals surface area contributed by atoms with Crippen LogP contribution in [-0.2, 0) is 0 Å². The molecule has 0 atom stereocenters. The molecule has 0 saturated carbocycles. The maximum Gasteiger partial charge on any atom is 0.278 e. The highest BCUT2D eigenvalue weighted by Gasteiger charge is 2.17. The lowest BCUT2D eigenvalue weighted by atomic mass is 10.1. The number of nitrogens with zero attached hydrogens (tertiary/aromatic N) is 3.